The van der Waals surface area contributed by atoms with Gasteiger partial charge in [0, 0.05) is 7.05 Å². The summed E-state index contributed by atoms with van der Waals surface area (Å²) in [5, 5.41) is 0. The van der Waals surface area contributed by atoms with Gasteiger partial charge in [-0.05, 0) is 18.8 Å². The summed E-state index contributed by atoms with van der Waals surface area (Å²) in [5.74, 6) is -0.300. The number of rotatable bonds is 4. The van der Waals surface area contributed by atoms with E-state index < -0.39 is 11.3 Å². The lowest BCUT2D eigenvalue weighted by atomic mass is 9.61. The second kappa shape index (κ2) is 4.37. The molecule has 0 aromatic rings. The van der Waals surface area contributed by atoms with Crippen LogP contribution in [0.2, 0.25) is 0 Å². The highest BCUT2D eigenvalue weighted by Crippen LogP contribution is 2.46. The van der Waals surface area contributed by atoms with E-state index in [0.29, 0.717) is 18.8 Å². The number of nitrogens with zero attached hydrogens (tertiary/aromatic N) is 1. The second-order valence-corrected chi connectivity index (χ2v) is 5.03. The minimum Gasteiger partial charge on any atom is -0.392 e. The molecule has 5 nitrogen and oxygen atoms in total. The number of hydrogen-bond donors (Lipinski definition) is 2. The van der Waals surface area contributed by atoms with Gasteiger partial charge in [-0.1, -0.05) is 19.1 Å². The van der Waals surface area contributed by atoms with Crippen LogP contribution in [-0.2, 0) is 9.59 Å². The lowest BCUT2D eigenvalue weighted by molar-refractivity contribution is -0.144. The quantitative estimate of drug-likeness (QED) is 0.659. The van der Waals surface area contributed by atoms with Gasteiger partial charge < -0.3 is 16.4 Å². The molecule has 4 N–H and O–H groups in total. The number of likely N-dealkylation sites (N-methyl/N-ethyl adjacent to an activating group) is 1. The van der Waals surface area contributed by atoms with E-state index in [9.17, 15) is 9.59 Å². The Morgan fingerprint density at radius 2 is 1.94 bits per heavy atom. The van der Waals surface area contributed by atoms with Crippen molar-refractivity contribution in [2.45, 2.75) is 19.8 Å². The summed E-state index contributed by atoms with van der Waals surface area (Å²) >= 11 is 4.96. The molecule has 1 rings (SSSR count). The fourth-order valence-electron chi connectivity index (χ4n) is 2.28. The summed E-state index contributed by atoms with van der Waals surface area (Å²) < 4.78 is 0. The molecule has 1 saturated carbocycles. The first kappa shape index (κ1) is 12.9. The Bertz CT molecular complexity index is 337. The zero-order valence-corrected chi connectivity index (χ0v) is 10.3. The van der Waals surface area contributed by atoms with Crippen LogP contribution in [0.3, 0.4) is 0 Å². The molecule has 0 aliphatic heterocycles. The number of primary amides is 1. The van der Waals surface area contributed by atoms with Crippen molar-refractivity contribution in [3.05, 3.63) is 0 Å². The number of thiocarbonyl (C=S) groups is 1. The SMILES string of the molecule is CC1CC(C(=O)N(C)CC(N)=O)(C(N)=S)C1. The average molecular weight is 243 g/mol. The van der Waals surface area contributed by atoms with Crippen molar-refractivity contribution >= 4 is 29.0 Å². The molecule has 0 aromatic heterocycles. The van der Waals surface area contributed by atoms with E-state index in [0.717, 1.165) is 0 Å². The zero-order chi connectivity index (χ0) is 12.5. The Labute approximate surface area is 100 Å². The first-order valence-corrected chi connectivity index (χ1v) is 5.54. The Balaban J connectivity index is 2.77. The highest BCUT2D eigenvalue weighted by molar-refractivity contribution is 7.80. The smallest absolute Gasteiger partial charge is 0.237 e. The summed E-state index contributed by atoms with van der Waals surface area (Å²) in [6.45, 7) is 1.94. The lowest BCUT2D eigenvalue weighted by Gasteiger charge is -2.45. The van der Waals surface area contributed by atoms with Crippen molar-refractivity contribution in [3.8, 4) is 0 Å². The molecule has 1 fully saturated rings. The first-order chi connectivity index (χ1) is 7.29. The molecule has 2 amide bonds. The summed E-state index contributed by atoms with van der Waals surface area (Å²) in [4.78, 5) is 24.4. The average Bonchev–Trinajstić information content (AvgIpc) is 2.09. The van der Waals surface area contributed by atoms with E-state index in [4.69, 9.17) is 23.7 Å². The Kier molecular flexibility index (Phi) is 3.52. The van der Waals surface area contributed by atoms with Gasteiger partial charge in [0.05, 0.1) is 16.9 Å². The van der Waals surface area contributed by atoms with Crippen molar-refractivity contribution < 1.29 is 9.59 Å². The fourth-order valence-corrected chi connectivity index (χ4v) is 2.54. The molecular formula is C10H17N3O2S. The predicted octanol–water partition coefficient (Wildman–Crippen LogP) is -0.367. The topological polar surface area (TPSA) is 89.4 Å². The molecule has 16 heavy (non-hydrogen) atoms. The first-order valence-electron chi connectivity index (χ1n) is 5.13. The van der Waals surface area contributed by atoms with Gasteiger partial charge >= 0.3 is 0 Å². The number of carbonyl (C=O) groups excluding carboxylic acids is 2. The van der Waals surface area contributed by atoms with Crippen molar-refractivity contribution in [2.24, 2.45) is 22.8 Å². The molecule has 1 aliphatic carbocycles. The number of amides is 2. The van der Waals surface area contributed by atoms with Crippen molar-refractivity contribution in [3.63, 3.8) is 0 Å². The minimum absolute atomic E-state index is 0.0996. The highest BCUT2D eigenvalue weighted by Gasteiger charge is 2.52. The molecular weight excluding hydrogens is 226 g/mol. The molecule has 1 aliphatic rings. The standard InChI is InChI=1S/C10H17N3O2S/c1-6-3-10(4-6,8(12)16)9(15)13(2)5-7(11)14/h6H,3-5H2,1-2H3,(H2,11,14)(H2,12,16). The molecule has 0 unspecified atom stereocenters. The Morgan fingerprint density at radius 1 is 1.44 bits per heavy atom. The minimum atomic E-state index is -0.751. The molecule has 6 heteroatoms. The van der Waals surface area contributed by atoms with Crippen LogP contribution in [-0.4, -0.2) is 35.3 Å². The van der Waals surface area contributed by atoms with Gasteiger partial charge in [-0.25, -0.2) is 0 Å². The number of hydrogen-bond acceptors (Lipinski definition) is 3. The van der Waals surface area contributed by atoms with Gasteiger partial charge in [0.1, 0.15) is 0 Å². The lowest BCUT2D eigenvalue weighted by Crippen LogP contribution is -2.57. The van der Waals surface area contributed by atoms with Gasteiger partial charge in [-0.3, -0.25) is 9.59 Å². The third kappa shape index (κ3) is 2.16. The molecule has 0 spiro atoms. The van der Waals surface area contributed by atoms with E-state index >= 15 is 0 Å². The van der Waals surface area contributed by atoms with Crippen LogP contribution < -0.4 is 11.5 Å². The van der Waals surface area contributed by atoms with Crippen molar-refractivity contribution in [1.82, 2.24) is 4.90 Å². The van der Waals surface area contributed by atoms with E-state index in [1.165, 1.54) is 11.9 Å². The third-order valence-corrected chi connectivity index (χ3v) is 3.41. The maximum absolute atomic E-state index is 12.1. The van der Waals surface area contributed by atoms with E-state index in [-0.39, 0.29) is 17.4 Å². The molecule has 0 saturated heterocycles. The summed E-state index contributed by atoms with van der Waals surface area (Å²) in [5.41, 5.74) is 9.92. The zero-order valence-electron chi connectivity index (χ0n) is 9.53. The van der Waals surface area contributed by atoms with Crippen molar-refractivity contribution in [1.29, 1.82) is 0 Å². The van der Waals surface area contributed by atoms with Crippen LogP contribution >= 0.6 is 12.2 Å². The van der Waals surface area contributed by atoms with E-state index in [1.54, 1.807) is 0 Å². The van der Waals surface area contributed by atoms with E-state index in [2.05, 4.69) is 0 Å². The maximum atomic E-state index is 12.1. The largest absolute Gasteiger partial charge is 0.392 e. The molecule has 0 atom stereocenters. The summed E-state index contributed by atoms with van der Waals surface area (Å²) in [7, 11) is 1.54. The summed E-state index contributed by atoms with van der Waals surface area (Å²) in [6.07, 6.45) is 1.31. The van der Waals surface area contributed by atoms with Crippen molar-refractivity contribution in [2.75, 3.05) is 13.6 Å². The van der Waals surface area contributed by atoms with Crippen LogP contribution in [0.25, 0.3) is 0 Å². The monoisotopic (exact) mass is 243 g/mol. The van der Waals surface area contributed by atoms with Gasteiger partial charge in [-0.2, -0.15) is 0 Å². The maximum Gasteiger partial charge on any atom is 0.237 e. The van der Waals surface area contributed by atoms with Crippen LogP contribution in [0.1, 0.15) is 19.8 Å². The summed E-state index contributed by atoms with van der Waals surface area (Å²) in [6, 6.07) is 0. The van der Waals surface area contributed by atoms with Crippen LogP contribution in [0.15, 0.2) is 0 Å². The fraction of sp³-hybridized carbons (Fsp3) is 0.700. The Morgan fingerprint density at radius 3 is 2.25 bits per heavy atom. The van der Waals surface area contributed by atoms with Crippen LogP contribution in [0.5, 0.6) is 0 Å². The van der Waals surface area contributed by atoms with Gasteiger partial charge in [-0.15, -0.1) is 0 Å². The molecule has 0 bridgehead atoms. The molecule has 0 radical (unpaired) electrons. The van der Waals surface area contributed by atoms with E-state index in [1.807, 2.05) is 6.92 Å². The van der Waals surface area contributed by atoms with Gasteiger partial charge in [0.2, 0.25) is 11.8 Å². The Hall–Kier alpha value is -1.17. The van der Waals surface area contributed by atoms with Gasteiger partial charge in [0.15, 0.2) is 0 Å². The second-order valence-electron chi connectivity index (χ2n) is 4.59. The molecule has 90 valence electrons. The highest BCUT2D eigenvalue weighted by atomic mass is 32.1. The molecule has 0 aromatic carbocycles. The number of nitrogens with two attached hydrogens (primary N) is 2. The molecule has 0 heterocycles. The number of carbonyl (C=O) groups is 2. The van der Waals surface area contributed by atoms with Crippen LogP contribution in [0.4, 0.5) is 0 Å². The predicted molar refractivity (Wildman–Crippen MR) is 64.4 cm³/mol. The van der Waals surface area contributed by atoms with Crippen LogP contribution in [0, 0.1) is 11.3 Å². The van der Waals surface area contributed by atoms with Gasteiger partial charge in [0.25, 0.3) is 0 Å². The normalized spacial score (nSPS) is 28.0. The third-order valence-electron chi connectivity index (χ3n) is 3.01.